The Kier molecular flexibility index (Phi) is 5.35. The Morgan fingerprint density at radius 2 is 1.83 bits per heavy atom. The quantitative estimate of drug-likeness (QED) is 0.654. The fraction of sp³-hybridized carbons (Fsp3) is 0.583. The molecule has 0 fully saturated rings. The van der Waals surface area contributed by atoms with Gasteiger partial charge in [0.25, 0.3) is 0 Å². The molecule has 0 bridgehead atoms. The standard InChI is InChI=1S/C12H17NO5/c1-2-18-10(14)7-13-11(15)8-5-3-4-6-9(8)12(16)17/h2-7H2,1H3,(H,13,15)(H,16,17)/p-1. The molecular formula is C12H16NO5-. The first kappa shape index (κ1) is 14.2. The first-order chi connectivity index (χ1) is 8.56. The van der Waals surface area contributed by atoms with E-state index in [2.05, 4.69) is 10.1 Å². The second-order valence-corrected chi connectivity index (χ2v) is 3.94. The van der Waals surface area contributed by atoms with Crippen LogP contribution in [0.15, 0.2) is 11.1 Å². The highest BCUT2D eigenvalue weighted by atomic mass is 16.5. The van der Waals surface area contributed by atoms with Crippen LogP contribution in [0.3, 0.4) is 0 Å². The van der Waals surface area contributed by atoms with Gasteiger partial charge in [0.2, 0.25) is 5.91 Å². The number of carbonyl (C=O) groups excluding carboxylic acids is 3. The summed E-state index contributed by atoms with van der Waals surface area (Å²) in [5.74, 6) is -2.38. The zero-order valence-corrected chi connectivity index (χ0v) is 10.3. The van der Waals surface area contributed by atoms with Gasteiger partial charge in [-0.05, 0) is 38.2 Å². The average Bonchev–Trinajstić information content (AvgIpc) is 2.36. The van der Waals surface area contributed by atoms with E-state index in [1.807, 2.05) is 0 Å². The van der Waals surface area contributed by atoms with Crippen LogP contribution < -0.4 is 10.4 Å². The first-order valence-corrected chi connectivity index (χ1v) is 5.93. The fourth-order valence-electron chi connectivity index (χ4n) is 1.85. The van der Waals surface area contributed by atoms with Crippen LogP contribution in [0.5, 0.6) is 0 Å². The van der Waals surface area contributed by atoms with Crippen molar-refractivity contribution >= 4 is 17.8 Å². The summed E-state index contributed by atoms with van der Waals surface area (Å²) >= 11 is 0. The molecule has 6 heteroatoms. The van der Waals surface area contributed by atoms with Crippen molar-refractivity contribution in [2.24, 2.45) is 0 Å². The lowest BCUT2D eigenvalue weighted by Gasteiger charge is -2.20. The van der Waals surface area contributed by atoms with Crippen LogP contribution in [0.25, 0.3) is 0 Å². The number of esters is 1. The van der Waals surface area contributed by atoms with E-state index in [1.54, 1.807) is 6.92 Å². The van der Waals surface area contributed by atoms with Crippen molar-refractivity contribution in [3.8, 4) is 0 Å². The molecule has 1 rings (SSSR count). The molecule has 0 aromatic carbocycles. The molecule has 100 valence electrons. The summed E-state index contributed by atoms with van der Waals surface area (Å²) in [6, 6.07) is 0. The number of aliphatic carboxylic acids is 1. The van der Waals surface area contributed by atoms with E-state index >= 15 is 0 Å². The zero-order valence-electron chi connectivity index (χ0n) is 10.3. The van der Waals surface area contributed by atoms with Gasteiger partial charge in [0.1, 0.15) is 6.54 Å². The second kappa shape index (κ2) is 6.78. The number of rotatable bonds is 5. The van der Waals surface area contributed by atoms with Crippen molar-refractivity contribution < 1.29 is 24.2 Å². The number of ether oxygens (including phenoxy) is 1. The van der Waals surface area contributed by atoms with Crippen molar-refractivity contribution in [2.75, 3.05) is 13.2 Å². The van der Waals surface area contributed by atoms with Crippen LogP contribution in [-0.2, 0) is 19.1 Å². The Balaban J connectivity index is 2.64. The highest BCUT2D eigenvalue weighted by molar-refractivity contribution is 6.02. The van der Waals surface area contributed by atoms with Crippen LogP contribution in [0.2, 0.25) is 0 Å². The first-order valence-electron chi connectivity index (χ1n) is 5.93. The molecule has 0 saturated carbocycles. The number of carboxylic acids is 1. The fourth-order valence-corrected chi connectivity index (χ4v) is 1.85. The second-order valence-electron chi connectivity index (χ2n) is 3.94. The number of nitrogens with one attached hydrogen (secondary N) is 1. The third-order valence-corrected chi connectivity index (χ3v) is 2.69. The van der Waals surface area contributed by atoms with Gasteiger partial charge in [-0.3, -0.25) is 9.59 Å². The van der Waals surface area contributed by atoms with Gasteiger partial charge in [-0.25, -0.2) is 0 Å². The molecular weight excluding hydrogens is 238 g/mol. The minimum absolute atomic E-state index is 0.0441. The molecule has 1 aliphatic carbocycles. The number of carbonyl (C=O) groups is 3. The Bertz CT molecular complexity index is 386. The molecule has 1 aliphatic rings. The van der Waals surface area contributed by atoms with Gasteiger partial charge in [-0.1, -0.05) is 0 Å². The van der Waals surface area contributed by atoms with Gasteiger partial charge in [-0.15, -0.1) is 0 Å². The Hall–Kier alpha value is -1.85. The largest absolute Gasteiger partial charge is 0.545 e. The van der Waals surface area contributed by atoms with E-state index < -0.39 is 17.8 Å². The van der Waals surface area contributed by atoms with Crippen LogP contribution in [-0.4, -0.2) is 31.0 Å². The predicted molar refractivity (Wildman–Crippen MR) is 60.1 cm³/mol. The number of amides is 1. The summed E-state index contributed by atoms with van der Waals surface area (Å²) < 4.78 is 4.66. The molecule has 18 heavy (non-hydrogen) atoms. The lowest BCUT2D eigenvalue weighted by Crippen LogP contribution is -2.35. The lowest BCUT2D eigenvalue weighted by atomic mass is 9.91. The van der Waals surface area contributed by atoms with Crippen molar-refractivity contribution in [3.63, 3.8) is 0 Å². The molecule has 0 radical (unpaired) electrons. The van der Waals surface area contributed by atoms with Gasteiger partial charge in [0.15, 0.2) is 0 Å². The van der Waals surface area contributed by atoms with E-state index in [0.717, 1.165) is 12.8 Å². The van der Waals surface area contributed by atoms with Crippen molar-refractivity contribution in [1.82, 2.24) is 5.32 Å². The van der Waals surface area contributed by atoms with E-state index in [9.17, 15) is 19.5 Å². The molecule has 0 aliphatic heterocycles. The van der Waals surface area contributed by atoms with Crippen molar-refractivity contribution in [1.29, 1.82) is 0 Å². The molecule has 0 aromatic heterocycles. The Labute approximate surface area is 105 Å². The summed E-state index contributed by atoms with van der Waals surface area (Å²) in [7, 11) is 0. The molecule has 0 spiro atoms. The Morgan fingerprint density at radius 3 is 2.39 bits per heavy atom. The third-order valence-electron chi connectivity index (χ3n) is 2.69. The van der Waals surface area contributed by atoms with Crippen molar-refractivity contribution in [2.45, 2.75) is 32.6 Å². The van der Waals surface area contributed by atoms with Gasteiger partial charge < -0.3 is 20.0 Å². The number of hydrogen-bond donors (Lipinski definition) is 1. The number of carboxylic acid groups (broad SMARTS) is 1. The monoisotopic (exact) mass is 254 g/mol. The predicted octanol–water partition coefficient (Wildman–Crippen LogP) is -0.714. The zero-order chi connectivity index (χ0) is 13.5. The molecule has 1 N–H and O–H groups in total. The van der Waals surface area contributed by atoms with Gasteiger partial charge in [0, 0.05) is 5.57 Å². The summed E-state index contributed by atoms with van der Waals surface area (Å²) in [5, 5.41) is 13.2. The maximum atomic E-state index is 11.8. The molecule has 6 nitrogen and oxygen atoms in total. The summed E-state index contributed by atoms with van der Waals surface area (Å²) in [6.07, 6.45) is 2.24. The van der Waals surface area contributed by atoms with Crippen LogP contribution >= 0.6 is 0 Å². The average molecular weight is 254 g/mol. The molecule has 1 amide bonds. The van der Waals surface area contributed by atoms with Gasteiger partial charge >= 0.3 is 5.97 Å². The van der Waals surface area contributed by atoms with E-state index in [-0.39, 0.29) is 24.3 Å². The highest BCUT2D eigenvalue weighted by Crippen LogP contribution is 2.24. The summed E-state index contributed by atoms with van der Waals surface area (Å²) in [4.78, 5) is 33.7. The van der Waals surface area contributed by atoms with Crippen LogP contribution in [0.1, 0.15) is 32.6 Å². The van der Waals surface area contributed by atoms with Crippen LogP contribution in [0, 0.1) is 0 Å². The van der Waals surface area contributed by atoms with E-state index in [1.165, 1.54) is 0 Å². The minimum Gasteiger partial charge on any atom is -0.545 e. The van der Waals surface area contributed by atoms with Gasteiger partial charge in [0.05, 0.1) is 12.6 Å². The molecule has 0 aromatic rings. The smallest absolute Gasteiger partial charge is 0.325 e. The Morgan fingerprint density at radius 1 is 1.22 bits per heavy atom. The molecule has 0 saturated heterocycles. The topological polar surface area (TPSA) is 95.5 Å². The van der Waals surface area contributed by atoms with Gasteiger partial charge in [-0.2, -0.15) is 0 Å². The molecule has 0 unspecified atom stereocenters. The van der Waals surface area contributed by atoms with E-state index in [0.29, 0.717) is 12.8 Å². The third kappa shape index (κ3) is 3.87. The highest BCUT2D eigenvalue weighted by Gasteiger charge is 2.20. The number of hydrogen-bond acceptors (Lipinski definition) is 5. The van der Waals surface area contributed by atoms with Crippen LogP contribution in [0.4, 0.5) is 0 Å². The lowest BCUT2D eigenvalue weighted by molar-refractivity contribution is -0.299. The molecule has 0 heterocycles. The SMILES string of the molecule is CCOC(=O)CNC(=O)C1=C(C(=O)[O-])CCCC1. The summed E-state index contributed by atoms with van der Waals surface area (Å²) in [5.41, 5.74) is 0.258. The minimum atomic E-state index is -1.31. The van der Waals surface area contributed by atoms with E-state index in [4.69, 9.17) is 0 Å². The maximum absolute atomic E-state index is 11.8. The normalized spacial score (nSPS) is 15.2. The molecule has 0 atom stereocenters. The maximum Gasteiger partial charge on any atom is 0.325 e. The summed E-state index contributed by atoms with van der Waals surface area (Å²) in [6.45, 7) is 1.65. The van der Waals surface area contributed by atoms with Crippen molar-refractivity contribution in [3.05, 3.63) is 11.1 Å².